The van der Waals surface area contributed by atoms with Gasteiger partial charge in [-0.1, -0.05) is 31.5 Å². The Kier molecular flexibility index (Phi) is 5.63. The number of para-hydroxylation sites is 1. The van der Waals surface area contributed by atoms with Gasteiger partial charge in [0, 0.05) is 30.5 Å². The summed E-state index contributed by atoms with van der Waals surface area (Å²) in [4.78, 5) is 34.3. The molecule has 0 bridgehead atoms. The van der Waals surface area contributed by atoms with E-state index >= 15 is 0 Å². The van der Waals surface area contributed by atoms with Gasteiger partial charge >= 0.3 is 0 Å². The number of unbranched alkanes of at least 4 members (excludes halogenated alkanes) is 1. The van der Waals surface area contributed by atoms with Crippen molar-refractivity contribution in [3.8, 4) is 0 Å². The minimum absolute atomic E-state index is 0.00642. The van der Waals surface area contributed by atoms with Gasteiger partial charge in [0.1, 0.15) is 5.69 Å². The molecule has 29 heavy (non-hydrogen) atoms. The summed E-state index contributed by atoms with van der Waals surface area (Å²) in [7, 11) is 2.08. The number of nitrogens with one attached hydrogen (secondary N) is 2. The summed E-state index contributed by atoms with van der Waals surface area (Å²) in [5.41, 5.74) is 1.11. The third-order valence-corrected chi connectivity index (χ3v) is 6.75. The predicted molar refractivity (Wildman–Crippen MR) is 115 cm³/mol. The number of carbonyl (C=O) groups is 2. The largest absolute Gasteiger partial charge is 0.356 e. The second-order valence-electron chi connectivity index (χ2n) is 8.67. The fourth-order valence-corrected chi connectivity index (χ4v) is 5.05. The van der Waals surface area contributed by atoms with Crippen LogP contribution < -0.4 is 5.32 Å². The van der Waals surface area contributed by atoms with Crippen molar-refractivity contribution in [2.24, 2.45) is 5.41 Å². The third kappa shape index (κ3) is 3.66. The summed E-state index contributed by atoms with van der Waals surface area (Å²) in [6, 6.07) is 9.79. The molecule has 0 spiro atoms. The third-order valence-electron chi connectivity index (χ3n) is 6.75. The number of hydrogen-bond donors (Lipinski definition) is 2. The van der Waals surface area contributed by atoms with Gasteiger partial charge in [-0.15, -0.1) is 0 Å². The van der Waals surface area contributed by atoms with Gasteiger partial charge in [-0.05, 0) is 51.4 Å². The van der Waals surface area contributed by atoms with Crippen LogP contribution in [0.1, 0.15) is 49.5 Å². The molecule has 2 N–H and O–H groups in total. The van der Waals surface area contributed by atoms with Crippen molar-refractivity contribution in [3.63, 3.8) is 0 Å². The number of rotatable bonds is 5. The van der Waals surface area contributed by atoms with Crippen molar-refractivity contribution in [2.45, 2.75) is 45.1 Å². The molecule has 0 aliphatic carbocycles. The van der Waals surface area contributed by atoms with Gasteiger partial charge in [-0.2, -0.15) is 0 Å². The highest BCUT2D eigenvalue weighted by molar-refractivity contribution is 5.98. The number of aromatic nitrogens is 1. The zero-order chi connectivity index (χ0) is 20.4. The number of carbonyl (C=O) groups excluding carboxylic acids is 2. The van der Waals surface area contributed by atoms with Crippen molar-refractivity contribution in [2.75, 3.05) is 33.2 Å². The van der Waals surface area contributed by atoms with Gasteiger partial charge in [0.15, 0.2) is 0 Å². The number of aromatic amines is 1. The van der Waals surface area contributed by atoms with Crippen molar-refractivity contribution in [1.29, 1.82) is 0 Å². The molecule has 6 nitrogen and oxygen atoms in total. The lowest BCUT2D eigenvalue weighted by Crippen LogP contribution is -2.66. The van der Waals surface area contributed by atoms with E-state index in [-0.39, 0.29) is 17.9 Å². The van der Waals surface area contributed by atoms with Gasteiger partial charge in [0.25, 0.3) is 5.91 Å². The first-order valence-corrected chi connectivity index (χ1v) is 10.9. The van der Waals surface area contributed by atoms with E-state index in [0.29, 0.717) is 12.2 Å². The molecule has 2 fully saturated rings. The van der Waals surface area contributed by atoms with E-state index in [2.05, 4.69) is 29.2 Å². The maximum Gasteiger partial charge on any atom is 0.270 e. The monoisotopic (exact) mass is 396 g/mol. The first-order chi connectivity index (χ1) is 14.0. The Bertz CT molecular complexity index is 859. The lowest BCUT2D eigenvalue weighted by Gasteiger charge is -2.53. The van der Waals surface area contributed by atoms with Crippen LogP contribution in [0, 0.1) is 5.41 Å². The molecule has 3 heterocycles. The SMILES string of the molecule is CCCCNC(=O)[C@@]12CCCN(C(=O)c3cc4ccccc4[nH]3)[C@H]1CN(C)CC2. The number of H-pyrrole nitrogens is 1. The first-order valence-electron chi connectivity index (χ1n) is 10.9. The molecule has 2 aromatic rings. The molecular weight excluding hydrogens is 364 g/mol. The van der Waals surface area contributed by atoms with Crippen LogP contribution in [-0.4, -0.2) is 65.9 Å². The molecule has 4 rings (SSSR count). The van der Waals surface area contributed by atoms with Crippen LogP contribution in [0.3, 0.4) is 0 Å². The van der Waals surface area contributed by atoms with Crippen LogP contribution in [0.25, 0.3) is 10.9 Å². The number of fused-ring (bicyclic) bond motifs is 2. The molecule has 6 heteroatoms. The highest BCUT2D eigenvalue weighted by Gasteiger charge is 2.53. The Morgan fingerprint density at radius 1 is 1.24 bits per heavy atom. The summed E-state index contributed by atoms with van der Waals surface area (Å²) < 4.78 is 0. The molecule has 156 valence electrons. The normalized spacial score (nSPS) is 25.0. The van der Waals surface area contributed by atoms with Crippen LogP contribution in [0.2, 0.25) is 0 Å². The van der Waals surface area contributed by atoms with Gasteiger partial charge in [-0.25, -0.2) is 0 Å². The molecule has 0 saturated carbocycles. The molecule has 2 aliphatic heterocycles. The highest BCUT2D eigenvalue weighted by Crippen LogP contribution is 2.43. The topological polar surface area (TPSA) is 68.4 Å². The Morgan fingerprint density at radius 2 is 2.07 bits per heavy atom. The molecule has 2 aliphatic rings. The summed E-state index contributed by atoms with van der Waals surface area (Å²) in [5, 5.41) is 4.21. The van der Waals surface area contributed by atoms with Crippen LogP contribution in [0.4, 0.5) is 0 Å². The Morgan fingerprint density at radius 3 is 2.86 bits per heavy atom. The molecule has 0 radical (unpaired) electrons. The van der Waals surface area contributed by atoms with E-state index in [1.54, 1.807) is 0 Å². The first kappa shape index (κ1) is 20.0. The maximum atomic E-state index is 13.5. The molecule has 2 amide bonds. The maximum absolute atomic E-state index is 13.5. The molecule has 1 aromatic carbocycles. The van der Waals surface area contributed by atoms with Crippen LogP contribution in [0.5, 0.6) is 0 Å². The fourth-order valence-electron chi connectivity index (χ4n) is 5.05. The number of nitrogens with zero attached hydrogens (tertiary/aromatic N) is 2. The molecular formula is C23H32N4O2. The van der Waals surface area contributed by atoms with Gasteiger partial charge < -0.3 is 20.1 Å². The van der Waals surface area contributed by atoms with E-state index in [1.807, 2.05) is 35.2 Å². The van der Waals surface area contributed by atoms with Crippen LogP contribution in [0.15, 0.2) is 30.3 Å². The minimum Gasteiger partial charge on any atom is -0.356 e. The van der Waals surface area contributed by atoms with E-state index < -0.39 is 5.41 Å². The molecule has 2 saturated heterocycles. The van der Waals surface area contributed by atoms with E-state index in [1.165, 1.54) is 0 Å². The lowest BCUT2D eigenvalue weighted by atomic mass is 9.67. The smallest absolute Gasteiger partial charge is 0.270 e. The fraction of sp³-hybridized carbons (Fsp3) is 0.565. The molecule has 0 unspecified atom stereocenters. The number of amides is 2. The summed E-state index contributed by atoms with van der Waals surface area (Å²) in [6.45, 7) is 5.19. The van der Waals surface area contributed by atoms with Crippen molar-refractivity contribution in [3.05, 3.63) is 36.0 Å². The standard InChI is InChI=1S/C23H32N4O2/c1-3-4-12-24-22(29)23-10-7-13-27(20(23)16-26(2)14-11-23)21(28)19-15-17-8-5-6-9-18(17)25-19/h5-6,8-9,15,20,25H,3-4,7,10-14,16H2,1-2H3,(H,24,29)/t20-,23+/m0/s1. The van der Waals surface area contributed by atoms with Gasteiger partial charge in [0.05, 0.1) is 11.5 Å². The number of piperidine rings is 2. The molecule has 1 aromatic heterocycles. The Balaban J connectivity index is 1.62. The summed E-state index contributed by atoms with van der Waals surface area (Å²) in [6.07, 6.45) is 4.59. The van der Waals surface area contributed by atoms with Gasteiger partial charge in [-0.3, -0.25) is 9.59 Å². The Labute approximate surface area is 172 Å². The summed E-state index contributed by atoms with van der Waals surface area (Å²) >= 11 is 0. The quantitative estimate of drug-likeness (QED) is 0.764. The molecule has 2 atom stereocenters. The number of hydrogen-bond acceptors (Lipinski definition) is 3. The average Bonchev–Trinajstić information content (AvgIpc) is 3.17. The number of benzene rings is 1. The van der Waals surface area contributed by atoms with Crippen molar-refractivity contribution < 1.29 is 9.59 Å². The van der Waals surface area contributed by atoms with Crippen molar-refractivity contribution in [1.82, 2.24) is 20.1 Å². The second-order valence-corrected chi connectivity index (χ2v) is 8.67. The van der Waals surface area contributed by atoms with E-state index in [4.69, 9.17) is 0 Å². The highest BCUT2D eigenvalue weighted by atomic mass is 16.2. The van der Waals surface area contributed by atoms with Crippen LogP contribution >= 0.6 is 0 Å². The number of likely N-dealkylation sites (tertiary alicyclic amines) is 2. The number of likely N-dealkylation sites (N-methyl/N-ethyl adjacent to an activating group) is 1. The van der Waals surface area contributed by atoms with E-state index in [0.717, 1.165) is 62.6 Å². The summed E-state index contributed by atoms with van der Waals surface area (Å²) in [5.74, 6) is 0.144. The van der Waals surface area contributed by atoms with Crippen molar-refractivity contribution >= 4 is 22.7 Å². The zero-order valence-electron chi connectivity index (χ0n) is 17.5. The van der Waals surface area contributed by atoms with Crippen LogP contribution in [-0.2, 0) is 4.79 Å². The average molecular weight is 397 g/mol. The van der Waals surface area contributed by atoms with E-state index in [9.17, 15) is 9.59 Å². The predicted octanol–water partition coefficient (Wildman–Crippen LogP) is 3.01. The minimum atomic E-state index is -0.472. The van der Waals surface area contributed by atoms with Gasteiger partial charge in [0.2, 0.25) is 5.91 Å². The lowest BCUT2D eigenvalue weighted by molar-refractivity contribution is -0.142. The second kappa shape index (κ2) is 8.19. The Hall–Kier alpha value is -2.34. The zero-order valence-corrected chi connectivity index (χ0v) is 17.5.